The lowest BCUT2D eigenvalue weighted by Crippen LogP contribution is -2.74. The SMILES string of the molecule is Cc1ccc(CC[Si](C[Si](c2ccccc2)(c2ccccc2)c2ccc(C)cc2)(c2ccccc2)c2ccccc2)cc1. The molecule has 0 fully saturated rings. The maximum atomic E-state index is 2.44. The van der Waals surface area contributed by atoms with E-state index in [1.165, 1.54) is 42.6 Å². The van der Waals surface area contributed by atoms with Crippen LogP contribution in [0.5, 0.6) is 0 Å². The van der Waals surface area contributed by atoms with Crippen molar-refractivity contribution in [3.63, 3.8) is 0 Å². The van der Waals surface area contributed by atoms with Gasteiger partial charge in [0.15, 0.2) is 0 Å². The Kier molecular flexibility index (Phi) is 8.69. The van der Waals surface area contributed by atoms with E-state index in [0.717, 1.165) is 18.1 Å². The monoisotopic (exact) mass is 588 g/mol. The lowest BCUT2D eigenvalue weighted by molar-refractivity contribution is 1.10. The molecule has 0 unspecified atom stereocenters. The molecule has 0 saturated heterocycles. The molecular weight excluding hydrogens is 549 g/mol. The fraction of sp³-hybridized carbons (Fsp3) is 0.122. The summed E-state index contributed by atoms with van der Waals surface area (Å²) in [6, 6.07) is 65.9. The average Bonchev–Trinajstić information content (AvgIpc) is 3.08. The molecule has 0 bridgehead atoms. The van der Waals surface area contributed by atoms with E-state index >= 15 is 0 Å². The topological polar surface area (TPSA) is 0 Å². The molecule has 0 saturated carbocycles. The molecule has 0 amide bonds. The van der Waals surface area contributed by atoms with Gasteiger partial charge in [0.05, 0.1) is 0 Å². The Morgan fingerprint density at radius 2 is 0.721 bits per heavy atom. The first-order valence-corrected chi connectivity index (χ1v) is 20.1. The molecule has 0 aliphatic carbocycles. The fourth-order valence-corrected chi connectivity index (χ4v) is 21.9. The van der Waals surface area contributed by atoms with Gasteiger partial charge in [-0.3, -0.25) is 0 Å². The van der Waals surface area contributed by atoms with Crippen LogP contribution >= 0.6 is 0 Å². The molecule has 2 heteroatoms. The van der Waals surface area contributed by atoms with Crippen LogP contribution in [-0.4, -0.2) is 16.1 Å². The zero-order valence-electron chi connectivity index (χ0n) is 25.3. The van der Waals surface area contributed by atoms with Crippen LogP contribution in [0.3, 0.4) is 0 Å². The van der Waals surface area contributed by atoms with Crippen LogP contribution in [-0.2, 0) is 6.42 Å². The summed E-state index contributed by atoms with van der Waals surface area (Å²) in [4.78, 5) is 0. The molecule has 212 valence electrons. The Labute approximate surface area is 259 Å². The van der Waals surface area contributed by atoms with Crippen LogP contribution in [0.1, 0.15) is 16.7 Å². The second kappa shape index (κ2) is 13.0. The molecule has 0 aliphatic heterocycles. The summed E-state index contributed by atoms with van der Waals surface area (Å²) in [6.45, 7) is 4.38. The Morgan fingerprint density at radius 3 is 1.14 bits per heavy atom. The molecule has 6 rings (SSSR count). The summed E-state index contributed by atoms with van der Waals surface area (Å²) in [7, 11) is -4.91. The Morgan fingerprint density at radius 1 is 0.372 bits per heavy atom. The Hall–Kier alpha value is -4.25. The number of aryl methyl sites for hydroxylation is 3. The zero-order chi connectivity index (χ0) is 29.5. The second-order valence-electron chi connectivity index (χ2n) is 12.0. The number of hydrogen-bond donors (Lipinski definition) is 0. The van der Waals surface area contributed by atoms with Gasteiger partial charge in [-0.05, 0) is 53.1 Å². The van der Waals surface area contributed by atoms with Gasteiger partial charge in [-0.15, -0.1) is 0 Å². The first-order valence-electron chi connectivity index (χ1n) is 15.4. The smallest absolute Gasteiger partial charge is 0.0626 e. The predicted octanol–water partition coefficient (Wildman–Crippen LogP) is 6.82. The van der Waals surface area contributed by atoms with Gasteiger partial charge in [0.1, 0.15) is 16.1 Å². The minimum absolute atomic E-state index is 1.07. The largest absolute Gasteiger partial charge is 0.146 e. The maximum Gasteiger partial charge on any atom is 0.146 e. The highest BCUT2D eigenvalue weighted by Crippen LogP contribution is 2.27. The fourth-order valence-electron chi connectivity index (χ4n) is 6.92. The molecule has 6 aromatic rings. The van der Waals surface area contributed by atoms with E-state index in [1.807, 2.05) is 0 Å². The van der Waals surface area contributed by atoms with E-state index < -0.39 is 16.1 Å². The van der Waals surface area contributed by atoms with Gasteiger partial charge >= 0.3 is 0 Å². The lowest BCUT2D eigenvalue weighted by Gasteiger charge is -2.43. The third kappa shape index (κ3) is 5.99. The maximum absolute atomic E-state index is 2.53. The highest BCUT2D eigenvalue weighted by molar-refractivity contribution is 7.22. The molecule has 0 atom stereocenters. The molecule has 0 radical (unpaired) electrons. The predicted molar refractivity (Wildman–Crippen MR) is 191 cm³/mol. The standard InChI is InChI=1S/C41H40Si2/c1-34-23-27-36(28-24-34)31-32-42(37-15-7-3-8-16-37,38-17-9-4-10-18-38)33-43(39-19-11-5-12-20-39,40-21-13-6-14-22-40)41-29-25-35(2)26-30-41/h3-30H,31-33H2,1-2H3. The summed E-state index contributed by atoms with van der Waals surface area (Å²) in [5.74, 6) is 0. The summed E-state index contributed by atoms with van der Waals surface area (Å²) in [6.07, 6.45) is 1.07. The van der Waals surface area contributed by atoms with Crippen LogP contribution in [0.25, 0.3) is 0 Å². The zero-order valence-corrected chi connectivity index (χ0v) is 27.3. The van der Waals surface area contributed by atoms with Gasteiger partial charge in [0.25, 0.3) is 0 Å². The Balaban J connectivity index is 1.65. The van der Waals surface area contributed by atoms with E-state index in [1.54, 1.807) is 0 Å². The van der Waals surface area contributed by atoms with Gasteiger partial charge in [0, 0.05) is 0 Å². The van der Waals surface area contributed by atoms with Crippen LogP contribution in [0.2, 0.25) is 11.7 Å². The van der Waals surface area contributed by atoms with Crippen LogP contribution < -0.4 is 25.9 Å². The van der Waals surface area contributed by atoms with Gasteiger partial charge in [-0.2, -0.15) is 0 Å². The first kappa shape index (κ1) is 28.9. The van der Waals surface area contributed by atoms with E-state index in [-0.39, 0.29) is 0 Å². The molecular formula is C41H40Si2. The molecule has 6 aromatic carbocycles. The molecule has 0 N–H and O–H groups in total. The van der Waals surface area contributed by atoms with Gasteiger partial charge in [0.2, 0.25) is 0 Å². The van der Waals surface area contributed by atoms with Crippen molar-refractivity contribution in [1.29, 1.82) is 0 Å². The van der Waals surface area contributed by atoms with Gasteiger partial charge in [-0.1, -0.05) is 191 Å². The highest BCUT2D eigenvalue weighted by Gasteiger charge is 2.49. The van der Waals surface area contributed by atoms with Crippen LogP contribution in [0.4, 0.5) is 0 Å². The summed E-state index contributed by atoms with van der Waals surface area (Å²) in [5.41, 5.74) is 5.22. The van der Waals surface area contributed by atoms with E-state index in [9.17, 15) is 0 Å². The lowest BCUT2D eigenvalue weighted by atomic mass is 10.1. The normalized spacial score (nSPS) is 11.8. The highest BCUT2D eigenvalue weighted by atomic mass is 28.4. The molecule has 0 spiro atoms. The second-order valence-corrected chi connectivity index (χ2v) is 20.8. The van der Waals surface area contributed by atoms with Gasteiger partial charge < -0.3 is 0 Å². The summed E-state index contributed by atoms with van der Waals surface area (Å²) >= 11 is 0. The van der Waals surface area contributed by atoms with Crippen molar-refractivity contribution in [2.24, 2.45) is 0 Å². The first-order chi connectivity index (χ1) is 21.1. The molecule has 0 aromatic heterocycles. The van der Waals surface area contributed by atoms with Crippen LogP contribution in [0.15, 0.2) is 170 Å². The van der Waals surface area contributed by atoms with Crippen molar-refractivity contribution in [2.45, 2.75) is 32.0 Å². The average molecular weight is 589 g/mol. The molecule has 43 heavy (non-hydrogen) atoms. The van der Waals surface area contributed by atoms with Crippen molar-refractivity contribution >= 4 is 42.1 Å². The van der Waals surface area contributed by atoms with E-state index in [0.29, 0.717) is 0 Å². The molecule has 0 heterocycles. The van der Waals surface area contributed by atoms with E-state index in [2.05, 4.69) is 184 Å². The Bertz CT molecular complexity index is 1630. The number of benzene rings is 6. The number of rotatable bonds is 10. The van der Waals surface area contributed by atoms with Crippen molar-refractivity contribution < 1.29 is 0 Å². The third-order valence-electron chi connectivity index (χ3n) is 9.26. The van der Waals surface area contributed by atoms with Crippen molar-refractivity contribution in [3.8, 4) is 0 Å². The van der Waals surface area contributed by atoms with E-state index in [4.69, 9.17) is 0 Å². The van der Waals surface area contributed by atoms with Crippen molar-refractivity contribution in [3.05, 3.63) is 187 Å². The van der Waals surface area contributed by atoms with Crippen LogP contribution in [0, 0.1) is 13.8 Å². The minimum Gasteiger partial charge on any atom is -0.0626 e. The number of hydrogen-bond acceptors (Lipinski definition) is 0. The summed E-state index contributed by atoms with van der Waals surface area (Å²) < 4.78 is 0. The molecule has 0 nitrogen and oxygen atoms in total. The van der Waals surface area contributed by atoms with Gasteiger partial charge in [-0.25, -0.2) is 0 Å². The summed E-state index contributed by atoms with van der Waals surface area (Å²) in [5, 5.41) is 7.54. The van der Waals surface area contributed by atoms with Crippen molar-refractivity contribution in [1.82, 2.24) is 0 Å². The molecule has 0 aliphatic rings. The third-order valence-corrected chi connectivity index (χ3v) is 21.7. The quantitative estimate of drug-likeness (QED) is 0.122. The van der Waals surface area contributed by atoms with Crippen molar-refractivity contribution in [2.75, 3.05) is 0 Å². The minimum atomic E-state index is -2.53.